The fraction of sp³-hybridized carbons (Fsp3) is 0.538. The monoisotopic (exact) mass is 282 g/mol. The Balaban J connectivity index is 1.83. The minimum atomic E-state index is -3.12. The van der Waals surface area contributed by atoms with Gasteiger partial charge < -0.3 is 5.32 Å². The molecule has 0 aliphatic heterocycles. The number of nitrogens with one attached hydrogen (secondary N) is 1. The average Bonchev–Trinajstić information content (AvgIpc) is 2.92. The van der Waals surface area contributed by atoms with E-state index in [1.165, 1.54) is 6.20 Å². The molecule has 2 rings (SSSR count). The van der Waals surface area contributed by atoms with E-state index in [0.29, 0.717) is 5.69 Å². The first-order valence-electron chi connectivity index (χ1n) is 6.49. The Morgan fingerprint density at radius 3 is 2.74 bits per heavy atom. The summed E-state index contributed by atoms with van der Waals surface area (Å²) in [5.74, 6) is -0.349. The summed E-state index contributed by atoms with van der Waals surface area (Å²) in [4.78, 5) is 15.5. The van der Waals surface area contributed by atoms with Gasteiger partial charge in [0.25, 0.3) is 0 Å². The Hall–Kier alpha value is -1.43. The second-order valence-electron chi connectivity index (χ2n) is 4.81. The Morgan fingerprint density at radius 2 is 2.11 bits per heavy atom. The Kier molecular flexibility index (Phi) is 4.52. The fourth-order valence-electron chi connectivity index (χ4n) is 2.31. The second-order valence-corrected chi connectivity index (χ2v) is 7.21. The summed E-state index contributed by atoms with van der Waals surface area (Å²) in [5, 5.41) is 2.40. The number of anilines is 1. The van der Waals surface area contributed by atoms with E-state index in [1.807, 2.05) is 0 Å². The molecule has 6 heteroatoms. The van der Waals surface area contributed by atoms with Crippen molar-refractivity contribution in [2.45, 2.75) is 37.4 Å². The standard InChI is InChI=1S/C13H18N2O3S/c16-13(15-11-4-3-8-14-10-11)7-9-19(17,18)12-5-1-2-6-12/h3-4,8,10,12H,1-2,5-7,9H2,(H,15,16). The maximum Gasteiger partial charge on any atom is 0.225 e. The molecular weight excluding hydrogens is 264 g/mol. The van der Waals surface area contributed by atoms with E-state index < -0.39 is 9.84 Å². The third-order valence-electron chi connectivity index (χ3n) is 3.37. The van der Waals surface area contributed by atoms with E-state index in [4.69, 9.17) is 0 Å². The number of hydrogen-bond acceptors (Lipinski definition) is 4. The molecule has 0 saturated heterocycles. The average molecular weight is 282 g/mol. The van der Waals surface area contributed by atoms with Gasteiger partial charge in [-0.15, -0.1) is 0 Å². The van der Waals surface area contributed by atoms with Gasteiger partial charge in [0, 0.05) is 12.6 Å². The van der Waals surface area contributed by atoms with Crippen molar-refractivity contribution in [3.8, 4) is 0 Å². The van der Waals surface area contributed by atoms with Crippen molar-refractivity contribution >= 4 is 21.4 Å². The van der Waals surface area contributed by atoms with Crippen LogP contribution in [0.1, 0.15) is 32.1 Å². The number of carbonyl (C=O) groups is 1. The molecule has 1 aromatic rings. The van der Waals surface area contributed by atoms with Gasteiger partial charge >= 0.3 is 0 Å². The molecule has 5 nitrogen and oxygen atoms in total. The van der Waals surface area contributed by atoms with Crippen molar-refractivity contribution in [1.82, 2.24) is 4.98 Å². The van der Waals surface area contributed by atoms with E-state index in [9.17, 15) is 13.2 Å². The number of pyridine rings is 1. The molecule has 0 spiro atoms. The predicted molar refractivity (Wildman–Crippen MR) is 73.5 cm³/mol. The normalized spacial score (nSPS) is 16.4. The molecule has 0 bridgehead atoms. The van der Waals surface area contributed by atoms with Crippen LogP contribution in [-0.4, -0.2) is 30.3 Å². The highest BCUT2D eigenvalue weighted by Gasteiger charge is 2.28. The molecule has 1 amide bonds. The molecule has 0 radical (unpaired) electrons. The van der Waals surface area contributed by atoms with Crippen molar-refractivity contribution in [1.29, 1.82) is 0 Å². The van der Waals surface area contributed by atoms with E-state index in [1.54, 1.807) is 18.3 Å². The van der Waals surface area contributed by atoms with Gasteiger partial charge in [0.05, 0.1) is 22.9 Å². The fourth-order valence-corrected chi connectivity index (χ4v) is 4.16. The summed E-state index contributed by atoms with van der Waals surface area (Å²) in [6.07, 6.45) is 6.59. The van der Waals surface area contributed by atoms with Crippen molar-refractivity contribution in [3.63, 3.8) is 0 Å². The summed E-state index contributed by atoms with van der Waals surface area (Å²) < 4.78 is 24.0. The molecule has 1 saturated carbocycles. The molecule has 104 valence electrons. The maximum absolute atomic E-state index is 12.0. The maximum atomic E-state index is 12.0. The summed E-state index contributed by atoms with van der Waals surface area (Å²) in [7, 11) is -3.12. The minimum Gasteiger partial charge on any atom is -0.325 e. The lowest BCUT2D eigenvalue weighted by atomic mass is 10.4. The molecule has 19 heavy (non-hydrogen) atoms. The minimum absolute atomic E-state index is 0.00767. The van der Waals surface area contributed by atoms with E-state index in [2.05, 4.69) is 10.3 Å². The zero-order valence-corrected chi connectivity index (χ0v) is 11.5. The van der Waals surface area contributed by atoms with Crippen LogP contribution in [0.3, 0.4) is 0 Å². The van der Waals surface area contributed by atoms with Crippen molar-refractivity contribution < 1.29 is 13.2 Å². The van der Waals surface area contributed by atoms with Crippen molar-refractivity contribution in [2.24, 2.45) is 0 Å². The Labute approximate surface area is 113 Å². The summed E-state index contributed by atoms with van der Waals surface area (Å²) >= 11 is 0. The van der Waals surface area contributed by atoms with E-state index in [-0.39, 0.29) is 23.3 Å². The number of sulfone groups is 1. The Morgan fingerprint density at radius 1 is 1.37 bits per heavy atom. The largest absolute Gasteiger partial charge is 0.325 e. The highest BCUT2D eigenvalue weighted by atomic mass is 32.2. The highest BCUT2D eigenvalue weighted by molar-refractivity contribution is 7.92. The van der Waals surface area contributed by atoms with Gasteiger partial charge in [-0.2, -0.15) is 0 Å². The van der Waals surface area contributed by atoms with Crippen LogP contribution in [0.2, 0.25) is 0 Å². The van der Waals surface area contributed by atoms with Crippen LogP contribution in [-0.2, 0) is 14.6 Å². The third-order valence-corrected chi connectivity index (χ3v) is 5.63. The third kappa shape index (κ3) is 4.02. The molecule has 1 aliphatic rings. The molecule has 0 atom stereocenters. The van der Waals surface area contributed by atoms with Crippen LogP contribution in [0.4, 0.5) is 5.69 Å². The van der Waals surface area contributed by atoms with E-state index >= 15 is 0 Å². The lowest BCUT2D eigenvalue weighted by molar-refractivity contribution is -0.115. The van der Waals surface area contributed by atoms with Gasteiger partial charge in [0.2, 0.25) is 5.91 Å². The van der Waals surface area contributed by atoms with Crippen LogP contribution < -0.4 is 5.32 Å². The molecule has 1 aromatic heterocycles. The summed E-state index contributed by atoms with van der Waals surface area (Å²) in [6.45, 7) is 0. The second kappa shape index (κ2) is 6.14. The zero-order chi connectivity index (χ0) is 13.7. The van der Waals surface area contributed by atoms with E-state index in [0.717, 1.165) is 25.7 Å². The Bertz CT molecular complexity index is 522. The first kappa shape index (κ1) is 14.0. The summed E-state index contributed by atoms with van der Waals surface area (Å²) in [5.41, 5.74) is 0.589. The number of amides is 1. The van der Waals surface area contributed by atoms with Crippen molar-refractivity contribution in [3.05, 3.63) is 24.5 Å². The first-order valence-corrected chi connectivity index (χ1v) is 8.21. The van der Waals surface area contributed by atoms with Crippen LogP contribution in [0.15, 0.2) is 24.5 Å². The van der Waals surface area contributed by atoms with Crippen LogP contribution in [0.25, 0.3) is 0 Å². The van der Waals surface area contributed by atoms with Gasteiger partial charge in [-0.05, 0) is 25.0 Å². The first-order chi connectivity index (χ1) is 9.08. The topological polar surface area (TPSA) is 76.1 Å². The van der Waals surface area contributed by atoms with Crippen molar-refractivity contribution in [2.75, 3.05) is 11.1 Å². The molecule has 1 fully saturated rings. The number of hydrogen-bond donors (Lipinski definition) is 1. The zero-order valence-electron chi connectivity index (χ0n) is 10.7. The lowest BCUT2D eigenvalue weighted by Gasteiger charge is -2.10. The number of rotatable bonds is 5. The molecule has 1 N–H and O–H groups in total. The smallest absolute Gasteiger partial charge is 0.225 e. The van der Waals surface area contributed by atoms with Crippen LogP contribution in [0.5, 0.6) is 0 Å². The molecule has 0 unspecified atom stereocenters. The summed E-state index contributed by atoms with van der Waals surface area (Å²) in [6, 6.07) is 3.43. The number of nitrogens with zero attached hydrogens (tertiary/aromatic N) is 1. The van der Waals surface area contributed by atoms with Gasteiger partial charge in [-0.1, -0.05) is 12.8 Å². The van der Waals surface area contributed by atoms with Gasteiger partial charge in [0.15, 0.2) is 9.84 Å². The van der Waals surface area contributed by atoms with Crippen LogP contribution in [0, 0.1) is 0 Å². The van der Waals surface area contributed by atoms with Crippen LogP contribution >= 0.6 is 0 Å². The highest BCUT2D eigenvalue weighted by Crippen LogP contribution is 2.25. The van der Waals surface area contributed by atoms with Gasteiger partial charge in [-0.25, -0.2) is 8.42 Å². The SMILES string of the molecule is O=C(CCS(=O)(=O)C1CCCC1)Nc1cccnc1. The number of carbonyl (C=O) groups excluding carboxylic acids is 1. The molecule has 0 aromatic carbocycles. The lowest BCUT2D eigenvalue weighted by Crippen LogP contribution is -2.24. The number of aromatic nitrogens is 1. The molecular formula is C13H18N2O3S. The predicted octanol–water partition coefficient (Wildman–Crippen LogP) is 1.77. The molecule has 1 aliphatic carbocycles. The quantitative estimate of drug-likeness (QED) is 0.893. The molecule has 1 heterocycles. The van der Waals surface area contributed by atoms with Gasteiger partial charge in [0.1, 0.15) is 0 Å². The van der Waals surface area contributed by atoms with Gasteiger partial charge in [-0.3, -0.25) is 9.78 Å².